The fraction of sp³-hybridized carbons (Fsp3) is 0.125. The molecule has 144 valence electrons. The highest BCUT2D eigenvalue weighted by Gasteiger charge is 2.21. The van der Waals surface area contributed by atoms with E-state index in [4.69, 9.17) is 0 Å². The van der Waals surface area contributed by atoms with Crippen molar-refractivity contribution in [3.63, 3.8) is 0 Å². The summed E-state index contributed by atoms with van der Waals surface area (Å²) in [7, 11) is 0. The van der Waals surface area contributed by atoms with Crippen LogP contribution in [0.3, 0.4) is 0 Å². The number of nitrogens with one attached hydrogen (secondary N) is 3. The first kappa shape index (κ1) is 17.4. The number of H-pyrrole nitrogens is 1. The van der Waals surface area contributed by atoms with Crippen LogP contribution in [0.1, 0.15) is 11.1 Å². The van der Waals surface area contributed by atoms with Gasteiger partial charge in [-0.2, -0.15) is 0 Å². The topological polar surface area (TPSA) is 60.2 Å². The summed E-state index contributed by atoms with van der Waals surface area (Å²) in [6.45, 7) is 1.37. The van der Waals surface area contributed by atoms with Crippen LogP contribution in [0.5, 0.6) is 0 Å². The maximum absolute atomic E-state index is 12.9. The summed E-state index contributed by atoms with van der Waals surface area (Å²) < 4.78 is 0. The van der Waals surface area contributed by atoms with Crippen LogP contribution in [0.4, 0.5) is 21.9 Å². The van der Waals surface area contributed by atoms with E-state index >= 15 is 0 Å². The average Bonchev–Trinajstić information content (AvgIpc) is 3.16. The third kappa shape index (κ3) is 3.55. The van der Waals surface area contributed by atoms with E-state index in [1.165, 1.54) is 11.1 Å². The van der Waals surface area contributed by atoms with Gasteiger partial charge in [0.2, 0.25) is 0 Å². The molecule has 5 heteroatoms. The Morgan fingerprint density at radius 3 is 2.55 bits per heavy atom. The van der Waals surface area contributed by atoms with E-state index < -0.39 is 0 Å². The number of fused-ring (bicyclic) bond motifs is 2. The number of aromatic nitrogens is 1. The molecule has 0 bridgehead atoms. The molecule has 2 amide bonds. The van der Waals surface area contributed by atoms with Gasteiger partial charge in [-0.15, -0.1) is 0 Å². The van der Waals surface area contributed by atoms with Crippen LogP contribution in [0.15, 0.2) is 79.0 Å². The molecule has 0 saturated heterocycles. The van der Waals surface area contributed by atoms with Gasteiger partial charge in [0.05, 0.1) is 5.69 Å². The van der Waals surface area contributed by atoms with Crippen molar-refractivity contribution in [3.8, 4) is 0 Å². The predicted octanol–water partition coefficient (Wildman–Crippen LogP) is 5.50. The summed E-state index contributed by atoms with van der Waals surface area (Å²) in [6.07, 6.45) is 2.75. The lowest BCUT2D eigenvalue weighted by Gasteiger charge is -2.28. The van der Waals surface area contributed by atoms with Crippen molar-refractivity contribution in [1.29, 1.82) is 0 Å². The highest BCUT2D eigenvalue weighted by Crippen LogP contribution is 2.28. The monoisotopic (exact) mass is 382 g/mol. The average molecular weight is 382 g/mol. The quantitative estimate of drug-likeness (QED) is 0.438. The van der Waals surface area contributed by atoms with Gasteiger partial charge in [-0.1, -0.05) is 42.5 Å². The first-order valence-corrected chi connectivity index (χ1v) is 9.82. The van der Waals surface area contributed by atoms with Gasteiger partial charge in [0, 0.05) is 41.6 Å². The molecule has 3 aromatic carbocycles. The minimum atomic E-state index is -0.0678. The molecule has 4 aromatic rings. The number of hydrogen-bond donors (Lipinski definition) is 3. The summed E-state index contributed by atoms with van der Waals surface area (Å²) in [6, 6.07) is 24.4. The molecule has 0 atom stereocenters. The van der Waals surface area contributed by atoms with E-state index in [1.807, 2.05) is 59.6 Å². The fourth-order valence-electron chi connectivity index (χ4n) is 3.85. The summed E-state index contributed by atoms with van der Waals surface area (Å²) in [4.78, 5) is 18.0. The number of rotatable bonds is 3. The summed E-state index contributed by atoms with van der Waals surface area (Å²) in [5.74, 6) is 0. The second-order valence-corrected chi connectivity index (χ2v) is 7.32. The van der Waals surface area contributed by atoms with Crippen molar-refractivity contribution in [2.45, 2.75) is 13.0 Å². The van der Waals surface area contributed by atoms with Gasteiger partial charge in [-0.05, 0) is 47.9 Å². The molecule has 5 nitrogen and oxygen atoms in total. The summed E-state index contributed by atoms with van der Waals surface area (Å²) >= 11 is 0. The van der Waals surface area contributed by atoms with Crippen LogP contribution in [0.25, 0.3) is 10.9 Å². The molecular weight excluding hydrogens is 360 g/mol. The van der Waals surface area contributed by atoms with Crippen LogP contribution in [-0.2, 0) is 13.0 Å². The maximum atomic E-state index is 12.9. The van der Waals surface area contributed by atoms with Crippen LogP contribution in [0.2, 0.25) is 0 Å². The van der Waals surface area contributed by atoms with E-state index in [2.05, 4.69) is 39.9 Å². The molecule has 5 rings (SSSR count). The number of aromatic amines is 1. The lowest BCUT2D eigenvalue weighted by molar-refractivity contribution is 0.206. The zero-order valence-corrected chi connectivity index (χ0v) is 16.0. The van der Waals surface area contributed by atoms with Gasteiger partial charge in [0.25, 0.3) is 0 Å². The smallest absolute Gasteiger partial charge is 0.322 e. The van der Waals surface area contributed by atoms with Crippen molar-refractivity contribution >= 4 is 34.0 Å². The molecule has 3 N–H and O–H groups in total. The molecular formula is C24H22N4O. The lowest BCUT2D eigenvalue weighted by Crippen LogP contribution is -2.38. The number of carbonyl (C=O) groups excluding carboxylic acids is 1. The number of para-hydroxylation sites is 1. The van der Waals surface area contributed by atoms with Crippen LogP contribution < -0.4 is 10.6 Å². The minimum Gasteiger partial charge on any atom is -0.359 e. The number of amides is 2. The Bertz CT molecular complexity index is 1170. The molecule has 1 aliphatic heterocycles. The van der Waals surface area contributed by atoms with Crippen molar-refractivity contribution in [3.05, 3.63) is 90.1 Å². The standard InChI is InChI=1S/C24H22N4O/c29-24(28-13-12-17-6-4-5-7-18(17)16-28)27-23-15-25-22-11-10-20(14-21(22)23)26-19-8-2-1-3-9-19/h1-11,14-15,25-26H,12-13,16H2,(H,27,29). The van der Waals surface area contributed by atoms with Crippen LogP contribution in [-0.4, -0.2) is 22.5 Å². The predicted molar refractivity (Wildman–Crippen MR) is 118 cm³/mol. The van der Waals surface area contributed by atoms with Gasteiger partial charge in [0.15, 0.2) is 0 Å². The van der Waals surface area contributed by atoms with Gasteiger partial charge >= 0.3 is 6.03 Å². The van der Waals surface area contributed by atoms with E-state index in [0.717, 1.165) is 40.9 Å². The van der Waals surface area contributed by atoms with E-state index in [-0.39, 0.29) is 6.03 Å². The summed E-state index contributed by atoms with van der Waals surface area (Å²) in [5.41, 5.74) is 6.34. The van der Waals surface area contributed by atoms with E-state index in [1.54, 1.807) is 0 Å². The second kappa shape index (κ2) is 7.36. The van der Waals surface area contributed by atoms with Gasteiger partial charge in [-0.25, -0.2) is 4.79 Å². The first-order chi connectivity index (χ1) is 14.3. The molecule has 0 fully saturated rings. The number of carbonyl (C=O) groups is 1. The lowest BCUT2D eigenvalue weighted by atomic mass is 10.0. The Morgan fingerprint density at radius 2 is 1.69 bits per heavy atom. The SMILES string of the molecule is O=C(Nc1c[nH]c2ccc(Nc3ccccc3)cc12)N1CCc2ccccc2C1. The molecule has 0 saturated carbocycles. The molecule has 0 spiro atoms. The zero-order valence-electron chi connectivity index (χ0n) is 16.0. The van der Waals surface area contributed by atoms with Crippen LogP contribution >= 0.6 is 0 Å². The Morgan fingerprint density at radius 1 is 0.897 bits per heavy atom. The molecule has 0 aliphatic carbocycles. The molecule has 1 aliphatic rings. The Labute approximate surface area is 169 Å². The Kier molecular flexibility index (Phi) is 4.41. The molecule has 0 radical (unpaired) electrons. The van der Waals surface area contributed by atoms with Crippen molar-refractivity contribution in [2.75, 3.05) is 17.2 Å². The van der Waals surface area contributed by atoms with Gasteiger partial charge in [-0.3, -0.25) is 0 Å². The number of benzene rings is 3. The first-order valence-electron chi connectivity index (χ1n) is 9.82. The van der Waals surface area contributed by atoms with Crippen molar-refractivity contribution < 1.29 is 4.79 Å². The van der Waals surface area contributed by atoms with E-state index in [0.29, 0.717) is 6.54 Å². The molecule has 29 heavy (non-hydrogen) atoms. The zero-order chi connectivity index (χ0) is 19.6. The summed E-state index contributed by atoms with van der Waals surface area (Å²) in [5, 5.41) is 7.47. The normalized spacial score (nSPS) is 13.2. The largest absolute Gasteiger partial charge is 0.359 e. The third-order valence-electron chi connectivity index (χ3n) is 5.40. The number of nitrogens with zero attached hydrogens (tertiary/aromatic N) is 1. The number of anilines is 3. The Hall–Kier alpha value is -3.73. The minimum absolute atomic E-state index is 0.0678. The highest BCUT2D eigenvalue weighted by molar-refractivity contribution is 6.02. The molecule has 0 unspecified atom stereocenters. The van der Waals surface area contributed by atoms with E-state index in [9.17, 15) is 4.79 Å². The molecule has 2 heterocycles. The second-order valence-electron chi connectivity index (χ2n) is 7.32. The van der Waals surface area contributed by atoms with Crippen molar-refractivity contribution in [2.24, 2.45) is 0 Å². The van der Waals surface area contributed by atoms with Crippen LogP contribution in [0, 0.1) is 0 Å². The van der Waals surface area contributed by atoms with Crippen molar-refractivity contribution in [1.82, 2.24) is 9.88 Å². The maximum Gasteiger partial charge on any atom is 0.322 e. The number of urea groups is 1. The molecule has 1 aromatic heterocycles. The fourth-order valence-corrected chi connectivity index (χ4v) is 3.85. The van der Waals surface area contributed by atoms with Gasteiger partial charge < -0.3 is 20.5 Å². The highest BCUT2D eigenvalue weighted by atomic mass is 16.2. The Balaban J connectivity index is 1.35. The number of hydrogen-bond acceptors (Lipinski definition) is 2. The van der Waals surface area contributed by atoms with Gasteiger partial charge in [0.1, 0.15) is 0 Å². The third-order valence-corrected chi connectivity index (χ3v) is 5.40.